The number of nitrogens with zero attached hydrogens (tertiary/aromatic N) is 2. The summed E-state index contributed by atoms with van der Waals surface area (Å²) in [5, 5.41) is 3.18. The van der Waals surface area contributed by atoms with Gasteiger partial charge in [0.25, 0.3) is 5.91 Å². The molecule has 1 aromatic heterocycles. The highest BCUT2D eigenvalue weighted by atomic mass is 16.5. The van der Waals surface area contributed by atoms with E-state index in [0.29, 0.717) is 25.3 Å². The Labute approximate surface area is 114 Å². The van der Waals surface area contributed by atoms with E-state index in [9.17, 15) is 4.79 Å². The molecule has 1 aliphatic rings. The average molecular weight is 263 g/mol. The first-order chi connectivity index (χ1) is 9.03. The third-order valence-corrected chi connectivity index (χ3v) is 3.13. The van der Waals surface area contributed by atoms with Crippen molar-refractivity contribution in [2.75, 3.05) is 31.6 Å². The number of carbonyl (C=O) groups is 1. The number of morpholine rings is 1. The molecular formula is C14H21N3O2. The summed E-state index contributed by atoms with van der Waals surface area (Å²) in [5.41, 5.74) is 1.19. The van der Waals surface area contributed by atoms with Crippen LogP contribution in [0.5, 0.6) is 0 Å². The van der Waals surface area contributed by atoms with Crippen molar-refractivity contribution in [1.82, 2.24) is 9.88 Å². The van der Waals surface area contributed by atoms with E-state index in [4.69, 9.17) is 4.74 Å². The van der Waals surface area contributed by atoms with E-state index in [-0.39, 0.29) is 11.5 Å². The van der Waals surface area contributed by atoms with Gasteiger partial charge in [0.1, 0.15) is 0 Å². The van der Waals surface area contributed by atoms with Gasteiger partial charge in [0.15, 0.2) is 0 Å². The predicted molar refractivity (Wildman–Crippen MR) is 74.3 cm³/mol. The van der Waals surface area contributed by atoms with Crippen LogP contribution in [0.3, 0.4) is 0 Å². The van der Waals surface area contributed by atoms with E-state index >= 15 is 0 Å². The number of rotatable bonds is 3. The maximum Gasteiger partial charge on any atom is 0.256 e. The van der Waals surface area contributed by atoms with Gasteiger partial charge in [-0.3, -0.25) is 9.78 Å². The van der Waals surface area contributed by atoms with Gasteiger partial charge in [-0.2, -0.15) is 0 Å². The first-order valence-corrected chi connectivity index (χ1v) is 6.64. The van der Waals surface area contributed by atoms with Crippen molar-refractivity contribution < 1.29 is 9.53 Å². The zero-order valence-electron chi connectivity index (χ0n) is 11.8. The Morgan fingerprint density at radius 1 is 1.58 bits per heavy atom. The van der Waals surface area contributed by atoms with Gasteiger partial charge in [-0.25, -0.2) is 0 Å². The molecule has 1 aliphatic heterocycles. The third kappa shape index (κ3) is 3.23. The first kappa shape index (κ1) is 13.8. The fourth-order valence-corrected chi connectivity index (χ4v) is 2.27. The number of aromatic nitrogens is 1. The zero-order chi connectivity index (χ0) is 13.9. The summed E-state index contributed by atoms with van der Waals surface area (Å²) in [6, 6.07) is 1.77. The van der Waals surface area contributed by atoms with Gasteiger partial charge >= 0.3 is 0 Å². The van der Waals surface area contributed by atoms with Crippen LogP contribution >= 0.6 is 0 Å². The van der Waals surface area contributed by atoms with Crippen LogP contribution in [-0.4, -0.2) is 47.6 Å². The highest BCUT2D eigenvalue weighted by Crippen LogP contribution is 2.21. The van der Waals surface area contributed by atoms with Crippen LogP contribution in [0.4, 0.5) is 5.69 Å². The Balaban J connectivity index is 2.19. The summed E-state index contributed by atoms with van der Waals surface area (Å²) in [5.74, 6) is 0.0368. The summed E-state index contributed by atoms with van der Waals surface area (Å²) < 4.78 is 5.64. The molecule has 5 heteroatoms. The number of hydrogen-bond acceptors (Lipinski definition) is 4. The molecule has 5 nitrogen and oxygen atoms in total. The minimum Gasteiger partial charge on any atom is -0.383 e. The normalized spacial score (nSPS) is 18.2. The van der Waals surface area contributed by atoms with Gasteiger partial charge < -0.3 is 15.0 Å². The van der Waals surface area contributed by atoms with E-state index in [0.717, 1.165) is 12.2 Å². The lowest BCUT2D eigenvalue weighted by Gasteiger charge is -2.38. The van der Waals surface area contributed by atoms with Crippen LogP contribution in [0.2, 0.25) is 0 Å². The van der Waals surface area contributed by atoms with Crippen LogP contribution in [0, 0.1) is 0 Å². The summed E-state index contributed by atoms with van der Waals surface area (Å²) in [6.45, 7) is 8.60. The van der Waals surface area contributed by atoms with Crippen molar-refractivity contribution in [3.8, 4) is 0 Å². The smallest absolute Gasteiger partial charge is 0.256 e. The lowest BCUT2D eigenvalue weighted by atomic mass is 10.1. The SMILES string of the molecule is CCNc1cnccc1C(=O)N1CCOC(C)(C)C1. The van der Waals surface area contributed by atoms with E-state index in [1.807, 2.05) is 25.7 Å². The molecule has 1 fully saturated rings. The Morgan fingerprint density at radius 2 is 2.37 bits per heavy atom. The van der Waals surface area contributed by atoms with Crippen LogP contribution in [0.25, 0.3) is 0 Å². The highest BCUT2D eigenvalue weighted by molar-refractivity contribution is 5.99. The molecule has 0 spiro atoms. The summed E-state index contributed by atoms with van der Waals surface area (Å²) >= 11 is 0. The monoisotopic (exact) mass is 263 g/mol. The molecule has 0 saturated carbocycles. The van der Waals surface area contributed by atoms with Crippen molar-refractivity contribution in [3.63, 3.8) is 0 Å². The number of hydrogen-bond donors (Lipinski definition) is 1. The van der Waals surface area contributed by atoms with Crippen LogP contribution in [0.15, 0.2) is 18.5 Å². The third-order valence-electron chi connectivity index (χ3n) is 3.13. The Bertz CT molecular complexity index is 460. The largest absolute Gasteiger partial charge is 0.383 e. The number of ether oxygens (including phenoxy) is 1. The molecule has 1 amide bonds. The van der Waals surface area contributed by atoms with E-state index in [1.165, 1.54) is 0 Å². The molecule has 104 valence electrons. The Kier molecular flexibility index (Phi) is 4.04. The van der Waals surface area contributed by atoms with Gasteiger partial charge in [0.05, 0.1) is 29.7 Å². The summed E-state index contributed by atoms with van der Waals surface area (Å²) in [4.78, 5) is 18.5. The predicted octanol–water partition coefficient (Wildman–Crippen LogP) is 1.76. The van der Waals surface area contributed by atoms with Crippen molar-refractivity contribution in [1.29, 1.82) is 0 Å². The summed E-state index contributed by atoms with van der Waals surface area (Å²) in [6.07, 6.45) is 3.35. The fourth-order valence-electron chi connectivity index (χ4n) is 2.27. The second-order valence-corrected chi connectivity index (χ2v) is 5.29. The maximum atomic E-state index is 12.6. The van der Waals surface area contributed by atoms with Gasteiger partial charge in [-0.15, -0.1) is 0 Å². The zero-order valence-corrected chi connectivity index (χ0v) is 11.8. The lowest BCUT2D eigenvalue weighted by molar-refractivity contribution is -0.0763. The first-order valence-electron chi connectivity index (χ1n) is 6.64. The van der Waals surface area contributed by atoms with E-state index in [1.54, 1.807) is 18.5 Å². The van der Waals surface area contributed by atoms with Crippen LogP contribution < -0.4 is 5.32 Å². The second-order valence-electron chi connectivity index (χ2n) is 5.29. The van der Waals surface area contributed by atoms with Crippen molar-refractivity contribution in [2.24, 2.45) is 0 Å². The number of amides is 1. The number of carbonyl (C=O) groups excluding carboxylic acids is 1. The van der Waals surface area contributed by atoms with Crippen molar-refractivity contribution in [2.45, 2.75) is 26.4 Å². The van der Waals surface area contributed by atoms with Gasteiger partial charge in [0.2, 0.25) is 0 Å². The molecule has 1 N–H and O–H groups in total. The molecule has 1 aromatic rings. The van der Waals surface area contributed by atoms with Crippen molar-refractivity contribution >= 4 is 11.6 Å². The molecule has 2 heterocycles. The lowest BCUT2D eigenvalue weighted by Crippen LogP contribution is -2.50. The molecular weight excluding hydrogens is 242 g/mol. The Hall–Kier alpha value is -1.62. The minimum atomic E-state index is -0.278. The molecule has 19 heavy (non-hydrogen) atoms. The fraction of sp³-hybridized carbons (Fsp3) is 0.571. The Morgan fingerprint density at radius 3 is 3.05 bits per heavy atom. The topological polar surface area (TPSA) is 54.5 Å². The molecule has 0 atom stereocenters. The number of pyridine rings is 1. The molecule has 1 saturated heterocycles. The standard InChI is InChI=1S/C14H21N3O2/c1-4-16-12-9-15-6-5-11(12)13(18)17-7-8-19-14(2,3)10-17/h5-6,9,16H,4,7-8,10H2,1-3H3. The molecule has 0 aromatic carbocycles. The van der Waals surface area contributed by atoms with Gasteiger partial charge in [-0.05, 0) is 26.8 Å². The summed E-state index contributed by atoms with van der Waals surface area (Å²) in [7, 11) is 0. The van der Waals surface area contributed by atoms with Crippen LogP contribution in [-0.2, 0) is 4.74 Å². The van der Waals surface area contributed by atoms with Gasteiger partial charge in [0, 0.05) is 25.8 Å². The highest BCUT2D eigenvalue weighted by Gasteiger charge is 2.31. The van der Waals surface area contributed by atoms with E-state index < -0.39 is 0 Å². The molecule has 0 aliphatic carbocycles. The quantitative estimate of drug-likeness (QED) is 0.903. The maximum absolute atomic E-state index is 12.6. The minimum absolute atomic E-state index is 0.0368. The van der Waals surface area contributed by atoms with Crippen molar-refractivity contribution in [3.05, 3.63) is 24.0 Å². The molecule has 0 unspecified atom stereocenters. The second kappa shape index (κ2) is 5.57. The molecule has 2 rings (SSSR count). The average Bonchev–Trinajstić information content (AvgIpc) is 2.38. The number of nitrogens with one attached hydrogen (secondary N) is 1. The van der Waals surface area contributed by atoms with Gasteiger partial charge in [-0.1, -0.05) is 0 Å². The number of anilines is 1. The molecule has 0 bridgehead atoms. The van der Waals surface area contributed by atoms with Crippen LogP contribution in [0.1, 0.15) is 31.1 Å². The van der Waals surface area contributed by atoms with E-state index in [2.05, 4.69) is 10.3 Å². The molecule has 0 radical (unpaired) electrons.